The quantitative estimate of drug-likeness (QED) is 0.820. The molecule has 1 aromatic carbocycles. The van der Waals surface area contributed by atoms with Crippen LogP contribution < -0.4 is 5.32 Å². The molecule has 0 aliphatic rings. The van der Waals surface area contributed by atoms with E-state index in [1.54, 1.807) is 19.1 Å². The van der Waals surface area contributed by atoms with E-state index in [0.29, 0.717) is 23.0 Å². The summed E-state index contributed by atoms with van der Waals surface area (Å²) in [6.07, 6.45) is 1.41. The molecule has 0 aliphatic heterocycles. The molecule has 0 saturated heterocycles. The Bertz CT molecular complexity index is 420. The average Bonchev–Trinajstić information content (AvgIpc) is 2.29. The summed E-state index contributed by atoms with van der Waals surface area (Å²) in [7, 11) is 0. The molecular formula is C14H20ClNO2. The lowest BCUT2D eigenvalue weighted by atomic mass is 9.91. The predicted molar refractivity (Wildman–Crippen MR) is 75.2 cm³/mol. The van der Waals surface area contributed by atoms with Crippen LogP contribution in [0.1, 0.15) is 33.6 Å². The Hall–Kier alpha value is -1.22. The van der Waals surface area contributed by atoms with Gasteiger partial charge < -0.3 is 10.4 Å². The fraction of sp³-hybridized carbons (Fsp3) is 0.500. The minimum Gasteiger partial charge on any atom is -0.480 e. The molecule has 4 heteroatoms. The van der Waals surface area contributed by atoms with Gasteiger partial charge in [0.05, 0.1) is 10.7 Å². The van der Waals surface area contributed by atoms with Gasteiger partial charge in [0.25, 0.3) is 0 Å². The van der Waals surface area contributed by atoms with Crippen molar-refractivity contribution < 1.29 is 9.90 Å². The van der Waals surface area contributed by atoms with Crippen molar-refractivity contribution in [3.63, 3.8) is 0 Å². The Morgan fingerprint density at radius 3 is 2.56 bits per heavy atom. The van der Waals surface area contributed by atoms with Gasteiger partial charge >= 0.3 is 5.97 Å². The lowest BCUT2D eigenvalue weighted by Gasteiger charge is -2.28. The topological polar surface area (TPSA) is 49.3 Å². The number of carboxylic acids is 1. The Morgan fingerprint density at radius 2 is 2.06 bits per heavy atom. The van der Waals surface area contributed by atoms with Crippen molar-refractivity contribution in [2.24, 2.45) is 5.92 Å². The molecule has 1 rings (SSSR count). The van der Waals surface area contributed by atoms with Gasteiger partial charge in [0.2, 0.25) is 0 Å². The lowest BCUT2D eigenvalue weighted by molar-refractivity contribution is -0.142. The number of hydrogen-bond acceptors (Lipinski definition) is 2. The molecule has 1 unspecified atom stereocenters. The second-order valence-electron chi connectivity index (χ2n) is 5.17. The van der Waals surface area contributed by atoms with Crippen molar-refractivity contribution in [2.45, 2.75) is 39.2 Å². The molecule has 0 spiro atoms. The fourth-order valence-electron chi connectivity index (χ4n) is 1.66. The summed E-state index contributed by atoms with van der Waals surface area (Å²) in [4.78, 5) is 11.4. The third-order valence-corrected chi connectivity index (χ3v) is 3.31. The third kappa shape index (κ3) is 3.91. The molecule has 0 aromatic heterocycles. The first-order chi connectivity index (χ1) is 8.35. The third-order valence-electron chi connectivity index (χ3n) is 2.98. The van der Waals surface area contributed by atoms with Gasteiger partial charge in [-0.2, -0.15) is 0 Å². The maximum atomic E-state index is 11.4. The van der Waals surface area contributed by atoms with Gasteiger partial charge in [-0.25, -0.2) is 4.79 Å². The number of aliphatic carboxylic acids is 1. The summed E-state index contributed by atoms with van der Waals surface area (Å²) in [6, 6.07) is 7.19. The zero-order valence-corrected chi connectivity index (χ0v) is 11.8. The van der Waals surface area contributed by atoms with Gasteiger partial charge in [0, 0.05) is 0 Å². The van der Waals surface area contributed by atoms with Crippen LogP contribution in [0.3, 0.4) is 0 Å². The van der Waals surface area contributed by atoms with Crippen molar-refractivity contribution >= 4 is 23.3 Å². The second kappa shape index (κ2) is 6.10. The highest BCUT2D eigenvalue weighted by Crippen LogP contribution is 2.27. The standard InChI is InChI=1S/C14H20ClNO2/c1-10(2)8-9-14(3,13(17)18)16-12-7-5-4-6-11(12)15/h4-7,10,16H,8-9H2,1-3H3,(H,17,18). The minimum atomic E-state index is -0.991. The van der Waals surface area contributed by atoms with E-state index in [4.69, 9.17) is 11.6 Å². The van der Waals surface area contributed by atoms with Crippen LogP contribution in [0.25, 0.3) is 0 Å². The van der Waals surface area contributed by atoms with Gasteiger partial charge in [-0.15, -0.1) is 0 Å². The highest BCUT2D eigenvalue weighted by molar-refractivity contribution is 6.33. The monoisotopic (exact) mass is 269 g/mol. The number of halogens is 1. The summed E-state index contributed by atoms with van der Waals surface area (Å²) >= 11 is 6.04. The molecule has 3 nitrogen and oxygen atoms in total. The minimum absolute atomic E-state index is 0.469. The number of benzene rings is 1. The first kappa shape index (κ1) is 14.8. The summed E-state index contributed by atoms with van der Waals surface area (Å²) in [5.41, 5.74) is -0.331. The number of para-hydroxylation sites is 1. The number of nitrogens with one attached hydrogen (secondary N) is 1. The van der Waals surface area contributed by atoms with Crippen LogP contribution in [0, 0.1) is 5.92 Å². The van der Waals surface area contributed by atoms with Crippen molar-refractivity contribution in [1.82, 2.24) is 0 Å². The van der Waals surface area contributed by atoms with Crippen molar-refractivity contribution in [2.75, 3.05) is 5.32 Å². The second-order valence-corrected chi connectivity index (χ2v) is 5.58. The van der Waals surface area contributed by atoms with Crippen LogP contribution in [0.2, 0.25) is 5.02 Å². The molecule has 1 atom stereocenters. The predicted octanol–water partition coefficient (Wildman–Crippen LogP) is 4.03. The van der Waals surface area contributed by atoms with E-state index in [2.05, 4.69) is 19.2 Å². The van der Waals surface area contributed by atoms with E-state index in [1.165, 1.54) is 0 Å². The maximum Gasteiger partial charge on any atom is 0.329 e. The van der Waals surface area contributed by atoms with E-state index >= 15 is 0 Å². The van der Waals surface area contributed by atoms with E-state index in [0.717, 1.165) is 6.42 Å². The highest BCUT2D eigenvalue weighted by atomic mass is 35.5. The summed E-state index contributed by atoms with van der Waals surface area (Å²) in [5.74, 6) is -0.389. The van der Waals surface area contributed by atoms with E-state index in [-0.39, 0.29) is 0 Å². The molecule has 0 radical (unpaired) electrons. The first-order valence-corrected chi connectivity index (χ1v) is 6.49. The van der Waals surface area contributed by atoms with Crippen LogP contribution in [0.4, 0.5) is 5.69 Å². The largest absolute Gasteiger partial charge is 0.480 e. The van der Waals surface area contributed by atoms with Crippen molar-refractivity contribution in [3.05, 3.63) is 29.3 Å². The molecule has 0 aliphatic carbocycles. The van der Waals surface area contributed by atoms with Crippen LogP contribution in [-0.2, 0) is 4.79 Å². The van der Waals surface area contributed by atoms with Crippen molar-refractivity contribution in [3.8, 4) is 0 Å². The number of rotatable bonds is 6. The number of hydrogen-bond donors (Lipinski definition) is 2. The van der Waals surface area contributed by atoms with Gasteiger partial charge in [-0.3, -0.25) is 0 Å². The summed E-state index contributed by atoms with van der Waals surface area (Å²) in [5, 5.41) is 13.0. The van der Waals surface area contributed by atoms with E-state index < -0.39 is 11.5 Å². The van der Waals surface area contributed by atoms with E-state index in [1.807, 2.05) is 12.1 Å². The highest BCUT2D eigenvalue weighted by Gasteiger charge is 2.33. The molecule has 100 valence electrons. The average molecular weight is 270 g/mol. The molecule has 2 N–H and O–H groups in total. The van der Waals surface area contributed by atoms with Gasteiger partial charge in [-0.1, -0.05) is 37.6 Å². The van der Waals surface area contributed by atoms with Crippen LogP contribution in [-0.4, -0.2) is 16.6 Å². The molecule has 0 amide bonds. The Labute approximate surface area is 113 Å². The molecule has 18 heavy (non-hydrogen) atoms. The lowest BCUT2D eigenvalue weighted by Crippen LogP contribution is -2.43. The van der Waals surface area contributed by atoms with Crippen LogP contribution in [0.15, 0.2) is 24.3 Å². The summed E-state index contributed by atoms with van der Waals surface area (Å²) in [6.45, 7) is 5.86. The summed E-state index contributed by atoms with van der Waals surface area (Å²) < 4.78 is 0. The molecule has 0 fully saturated rings. The number of anilines is 1. The molecular weight excluding hydrogens is 250 g/mol. The van der Waals surface area contributed by atoms with Gasteiger partial charge in [-0.05, 0) is 37.8 Å². The van der Waals surface area contributed by atoms with E-state index in [9.17, 15) is 9.90 Å². The molecule has 0 bridgehead atoms. The van der Waals surface area contributed by atoms with Crippen LogP contribution in [0.5, 0.6) is 0 Å². The van der Waals surface area contributed by atoms with Gasteiger partial charge in [0.1, 0.15) is 5.54 Å². The maximum absolute atomic E-state index is 11.4. The Morgan fingerprint density at radius 1 is 1.44 bits per heavy atom. The zero-order valence-electron chi connectivity index (χ0n) is 11.0. The normalized spacial score (nSPS) is 14.3. The zero-order chi connectivity index (χ0) is 13.8. The number of carboxylic acid groups (broad SMARTS) is 1. The number of carbonyl (C=O) groups is 1. The first-order valence-electron chi connectivity index (χ1n) is 6.11. The van der Waals surface area contributed by atoms with Crippen LogP contribution >= 0.6 is 11.6 Å². The Balaban J connectivity index is 2.86. The smallest absolute Gasteiger partial charge is 0.329 e. The molecule has 0 heterocycles. The SMILES string of the molecule is CC(C)CCC(C)(Nc1ccccc1Cl)C(=O)O. The molecule has 1 aromatic rings. The van der Waals surface area contributed by atoms with Crippen molar-refractivity contribution in [1.29, 1.82) is 0 Å². The molecule has 0 saturated carbocycles. The Kier molecular flexibility index (Phi) is 5.03. The fourth-order valence-corrected chi connectivity index (χ4v) is 1.84. The van der Waals surface area contributed by atoms with Gasteiger partial charge in [0.15, 0.2) is 0 Å².